The Morgan fingerprint density at radius 1 is 1.32 bits per heavy atom. The van der Waals surface area contributed by atoms with Gasteiger partial charge < -0.3 is 15.0 Å². The van der Waals surface area contributed by atoms with Crippen molar-refractivity contribution in [1.82, 2.24) is 10.2 Å². The molecule has 0 aliphatic carbocycles. The Labute approximate surface area is 171 Å². The van der Waals surface area contributed by atoms with Gasteiger partial charge in [-0.15, -0.1) is 12.4 Å². The van der Waals surface area contributed by atoms with Crippen molar-refractivity contribution in [1.29, 1.82) is 0 Å². The summed E-state index contributed by atoms with van der Waals surface area (Å²) in [6.07, 6.45) is 6.02. The maximum absolute atomic E-state index is 14.5. The number of carbonyl (C=O) groups excluding carboxylic acids is 2. The molecule has 3 rings (SSSR count). The average molecular weight is 412 g/mol. The van der Waals surface area contributed by atoms with Crippen LogP contribution in [-0.2, 0) is 9.53 Å². The number of urea groups is 1. The zero-order valence-electron chi connectivity index (χ0n) is 16.0. The lowest BCUT2D eigenvalue weighted by molar-refractivity contribution is -0.134. The quantitative estimate of drug-likeness (QED) is 0.577. The van der Waals surface area contributed by atoms with Gasteiger partial charge in [0, 0.05) is 25.7 Å². The fraction of sp³-hybridized carbons (Fsp3) is 0.500. The second kappa shape index (κ2) is 10.4. The molecule has 6 nitrogen and oxygen atoms in total. The molecule has 0 atom stereocenters. The largest absolute Gasteiger partial charge is 0.466 e. The number of piperidine rings is 1. The van der Waals surface area contributed by atoms with Gasteiger partial charge in [0.25, 0.3) is 0 Å². The van der Waals surface area contributed by atoms with E-state index in [1.165, 1.54) is 30.2 Å². The van der Waals surface area contributed by atoms with E-state index in [1.54, 1.807) is 12.1 Å². The lowest BCUT2D eigenvalue weighted by Gasteiger charge is -2.25. The Bertz CT molecular complexity index is 723. The van der Waals surface area contributed by atoms with Gasteiger partial charge in [-0.1, -0.05) is 6.07 Å². The third-order valence-corrected chi connectivity index (χ3v) is 5.24. The predicted molar refractivity (Wildman–Crippen MR) is 109 cm³/mol. The molecule has 0 saturated carbocycles. The van der Waals surface area contributed by atoms with E-state index in [9.17, 15) is 14.0 Å². The van der Waals surface area contributed by atoms with Crippen molar-refractivity contribution in [2.75, 3.05) is 44.7 Å². The van der Waals surface area contributed by atoms with Crippen LogP contribution in [0.1, 0.15) is 24.8 Å². The lowest BCUT2D eigenvalue weighted by atomic mass is 9.94. The summed E-state index contributed by atoms with van der Waals surface area (Å²) in [7, 11) is 1.28. The minimum Gasteiger partial charge on any atom is -0.466 e. The molecule has 2 heterocycles. The Hall–Kier alpha value is -2.12. The Balaban J connectivity index is 0.00000280. The number of hydrogen-bond acceptors (Lipinski definition) is 4. The highest BCUT2D eigenvalue weighted by atomic mass is 35.5. The SMILES string of the molecule is COC(=O)C=Cc1ccc(N2CCN(CCC3CCNCC3)C2=O)c(F)c1.Cl. The number of benzene rings is 1. The molecule has 28 heavy (non-hydrogen) atoms. The van der Waals surface area contributed by atoms with Crippen molar-refractivity contribution in [3.05, 3.63) is 35.7 Å². The smallest absolute Gasteiger partial charge is 0.330 e. The van der Waals surface area contributed by atoms with E-state index in [0.717, 1.165) is 38.9 Å². The van der Waals surface area contributed by atoms with E-state index in [0.29, 0.717) is 24.6 Å². The van der Waals surface area contributed by atoms with Gasteiger partial charge in [-0.2, -0.15) is 0 Å². The van der Waals surface area contributed by atoms with Gasteiger partial charge in [0.15, 0.2) is 0 Å². The van der Waals surface area contributed by atoms with Gasteiger partial charge in [-0.05, 0) is 62.0 Å². The molecule has 0 unspecified atom stereocenters. The molecule has 2 fully saturated rings. The molecule has 1 N–H and O–H groups in total. The number of anilines is 1. The van der Waals surface area contributed by atoms with Crippen LogP contribution in [-0.4, -0.2) is 56.7 Å². The van der Waals surface area contributed by atoms with E-state index in [4.69, 9.17) is 0 Å². The van der Waals surface area contributed by atoms with E-state index in [1.807, 2.05) is 4.90 Å². The predicted octanol–water partition coefficient (Wildman–Crippen LogP) is 3.07. The van der Waals surface area contributed by atoms with Gasteiger partial charge in [0.2, 0.25) is 0 Å². The molecule has 2 aliphatic rings. The molecule has 1 aromatic rings. The number of ether oxygens (including phenoxy) is 1. The number of rotatable bonds is 6. The number of methoxy groups -OCH3 is 1. The Morgan fingerprint density at radius 2 is 2.07 bits per heavy atom. The van der Waals surface area contributed by atoms with Crippen LogP contribution in [0.5, 0.6) is 0 Å². The maximum Gasteiger partial charge on any atom is 0.330 e. The minimum absolute atomic E-state index is 0. The zero-order valence-corrected chi connectivity index (χ0v) is 16.8. The monoisotopic (exact) mass is 411 g/mol. The molecule has 0 spiro atoms. The Kier molecular flexibility index (Phi) is 8.26. The maximum atomic E-state index is 14.5. The van der Waals surface area contributed by atoms with Crippen LogP contribution in [0.25, 0.3) is 6.08 Å². The van der Waals surface area contributed by atoms with E-state index in [2.05, 4.69) is 10.1 Å². The summed E-state index contributed by atoms with van der Waals surface area (Å²) in [6, 6.07) is 4.45. The van der Waals surface area contributed by atoms with Crippen LogP contribution in [0.4, 0.5) is 14.9 Å². The highest BCUT2D eigenvalue weighted by molar-refractivity contribution is 5.94. The van der Waals surface area contributed by atoms with Gasteiger partial charge in [-0.25, -0.2) is 14.0 Å². The second-order valence-corrected chi connectivity index (χ2v) is 6.97. The minimum atomic E-state index is -0.501. The summed E-state index contributed by atoms with van der Waals surface area (Å²) in [5, 5.41) is 3.35. The molecule has 0 radical (unpaired) electrons. The standard InChI is InChI=1S/C20H26FN3O3.ClH/c1-27-19(25)5-3-16-2-4-18(17(21)14-16)24-13-12-23(20(24)26)11-8-15-6-9-22-10-7-15;/h2-5,14-15,22H,6-13H2,1H3;1H. The topological polar surface area (TPSA) is 61.9 Å². The van der Waals surface area contributed by atoms with Crippen molar-refractivity contribution >= 4 is 36.2 Å². The summed E-state index contributed by atoms with van der Waals surface area (Å²) in [5.41, 5.74) is 0.815. The first kappa shape index (κ1) is 22.2. The molecule has 2 aliphatic heterocycles. The number of carbonyl (C=O) groups is 2. The summed E-state index contributed by atoms with van der Waals surface area (Å²) in [6.45, 7) is 3.92. The molecule has 154 valence electrons. The van der Waals surface area contributed by atoms with Gasteiger partial charge in [-0.3, -0.25) is 4.90 Å². The number of nitrogens with zero attached hydrogens (tertiary/aromatic N) is 2. The van der Waals surface area contributed by atoms with Crippen LogP contribution in [0, 0.1) is 11.7 Å². The van der Waals surface area contributed by atoms with Crippen molar-refractivity contribution in [2.24, 2.45) is 5.92 Å². The number of esters is 1. The van der Waals surface area contributed by atoms with E-state index in [-0.39, 0.29) is 24.1 Å². The summed E-state index contributed by atoms with van der Waals surface area (Å²) >= 11 is 0. The summed E-state index contributed by atoms with van der Waals surface area (Å²) in [5.74, 6) is -0.320. The zero-order chi connectivity index (χ0) is 19.2. The molecular formula is C20H27ClFN3O3. The van der Waals surface area contributed by atoms with E-state index < -0.39 is 11.8 Å². The van der Waals surface area contributed by atoms with E-state index >= 15 is 0 Å². The summed E-state index contributed by atoms with van der Waals surface area (Å²) < 4.78 is 19.0. The third-order valence-electron chi connectivity index (χ3n) is 5.24. The normalized spacial score (nSPS) is 17.9. The first-order valence-electron chi connectivity index (χ1n) is 9.41. The van der Waals surface area contributed by atoms with Crippen LogP contribution >= 0.6 is 12.4 Å². The molecule has 2 saturated heterocycles. The van der Waals surface area contributed by atoms with Crippen molar-refractivity contribution < 1.29 is 18.7 Å². The Morgan fingerprint density at radius 3 is 2.75 bits per heavy atom. The fourth-order valence-electron chi connectivity index (χ4n) is 3.60. The van der Waals surface area contributed by atoms with Gasteiger partial charge in [0.1, 0.15) is 5.82 Å². The number of nitrogens with one attached hydrogen (secondary N) is 1. The molecule has 2 amide bonds. The fourth-order valence-corrected chi connectivity index (χ4v) is 3.60. The lowest BCUT2D eigenvalue weighted by Crippen LogP contribution is -2.35. The number of amides is 2. The van der Waals surface area contributed by atoms with Crippen LogP contribution in [0.15, 0.2) is 24.3 Å². The number of hydrogen-bond donors (Lipinski definition) is 1. The van der Waals surface area contributed by atoms with Crippen LogP contribution in [0.2, 0.25) is 0 Å². The van der Waals surface area contributed by atoms with Gasteiger partial charge in [0.05, 0.1) is 12.8 Å². The molecule has 1 aromatic carbocycles. The highest BCUT2D eigenvalue weighted by Crippen LogP contribution is 2.26. The first-order valence-corrected chi connectivity index (χ1v) is 9.41. The molecule has 0 bridgehead atoms. The van der Waals surface area contributed by atoms with Crippen LogP contribution < -0.4 is 10.2 Å². The van der Waals surface area contributed by atoms with Gasteiger partial charge >= 0.3 is 12.0 Å². The van der Waals surface area contributed by atoms with Crippen molar-refractivity contribution in [3.8, 4) is 0 Å². The number of halogens is 2. The summed E-state index contributed by atoms with van der Waals surface area (Å²) in [4.78, 5) is 27.1. The molecule has 0 aromatic heterocycles. The third kappa shape index (κ3) is 5.45. The molecular weight excluding hydrogens is 385 g/mol. The second-order valence-electron chi connectivity index (χ2n) is 6.97. The van der Waals surface area contributed by atoms with Crippen LogP contribution in [0.3, 0.4) is 0 Å². The van der Waals surface area contributed by atoms with Crippen molar-refractivity contribution in [3.63, 3.8) is 0 Å². The highest BCUT2D eigenvalue weighted by Gasteiger charge is 2.31. The molecule has 8 heteroatoms. The van der Waals surface area contributed by atoms with Crippen molar-refractivity contribution in [2.45, 2.75) is 19.3 Å². The average Bonchev–Trinajstić information content (AvgIpc) is 3.05. The first-order chi connectivity index (χ1) is 13.1.